The number of carbonyl (C=O) groups is 1. The van der Waals surface area contributed by atoms with Crippen LogP contribution in [0, 0.1) is 13.8 Å². The first-order valence-corrected chi connectivity index (χ1v) is 7.20. The number of hydrogen-bond donors (Lipinski definition) is 2. The number of anilines is 1. The molecule has 1 unspecified atom stereocenters. The van der Waals surface area contributed by atoms with Crippen molar-refractivity contribution in [2.24, 2.45) is 0 Å². The number of pyridine rings is 1. The van der Waals surface area contributed by atoms with Crippen LogP contribution in [0.3, 0.4) is 0 Å². The van der Waals surface area contributed by atoms with Crippen LogP contribution in [0.5, 0.6) is 0 Å². The molecule has 9 heteroatoms. The first kappa shape index (κ1) is 17.8. The molecule has 0 radical (unpaired) electrons. The van der Waals surface area contributed by atoms with Crippen LogP contribution in [0.1, 0.15) is 36.3 Å². The third-order valence-electron chi connectivity index (χ3n) is 3.45. The van der Waals surface area contributed by atoms with Crippen molar-refractivity contribution in [3.63, 3.8) is 0 Å². The number of aromatic nitrogens is 3. The fraction of sp³-hybridized carbons (Fsp3) is 0.400. The summed E-state index contributed by atoms with van der Waals surface area (Å²) in [7, 11) is 0. The molecule has 0 aliphatic heterocycles. The van der Waals surface area contributed by atoms with Crippen LogP contribution < -0.4 is 10.9 Å². The number of rotatable bonds is 4. The van der Waals surface area contributed by atoms with Crippen molar-refractivity contribution in [3.05, 3.63) is 45.6 Å². The van der Waals surface area contributed by atoms with E-state index >= 15 is 0 Å². The number of nitrogens with one attached hydrogen (secondary N) is 2. The standard InChI is InChI=1S/C15H17F3N4O2/c1-8-4-9(2)22(21-8)10(3)5-13(23)20-12-6-11(15(16,17)18)7-19-14(12)24/h4,6-7,10H,5H2,1-3H3,(H,19,24)(H,20,23). The van der Waals surface area contributed by atoms with E-state index in [4.69, 9.17) is 0 Å². The van der Waals surface area contributed by atoms with Crippen LogP contribution in [0.2, 0.25) is 0 Å². The van der Waals surface area contributed by atoms with Gasteiger partial charge >= 0.3 is 6.18 Å². The second-order valence-electron chi connectivity index (χ2n) is 5.60. The number of halogens is 3. The summed E-state index contributed by atoms with van der Waals surface area (Å²) in [5, 5.41) is 6.48. The van der Waals surface area contributed by atoms with Gasteiger partial charge in [-0.1, -0.05) is 0 Å². The summed E-state index contributed by atoms with van der Waals surface area (Å²) in [5.41, 5.74) is -0.603. The Hall–Kier alpha value is -2.58. The molecule has 2 rings (SSSR count). The molecule has 1 atom stereocenters. The molecule has 0 saturated carbocycles. The lowest BCUT2D eigenvalue weighted by molar-refractivity contribution is -0.137. The Morgan fingerprint density at radius 2 is 2.04 bits per heavy atom. The van der Waals surface area contributed by atoms with Gasteiger partial charge in [-0.2, -0.15) is 18.3 Å². The number of aryl methyl sites for hydroxylation is 2. The van der Waals surface area contributed by atoms with E-state index in [9.17, 15) is 22.8 Å². The van der Waals surface area contributed by atoms with E-state index in [0.717, 1.165) is 11.4 Å². The maximum atomic E-state index is 12.7. The van der Waals surface area contributed by atoms with Gasteiger partial charge in [0.15, 0.2) is 0 Å². The molecule has 2 N–H and O–H groups in total. The van der Waals surface area contributed by atoms with Gasteiger partial charge in [0.2, 0.25) is 5.91 Å². The minimum Gasteiger partial charge on any atom is -0.327 e. The van der Waals surface area contributed by atoms with Crippen molar-refractivity contribution in [1.29, 1.82) is 0 Å². The van der Waals surface area contributed by atoms with E-state index in [1.54, 1.807) is 11.6 Å². The zero-order valence-electron chi connectivity index (χ0n) is 13.4. The molecule has 2 aromatic rings. The van der Waals surface area contributed by atoms with Crippen molar-refractivity contribution in [1.82, 2.24) is 14.8 Å². The van der Waals surface area contributed by atoms with E-state index in [1.807, 2.05) is 24.9 Å². The minimum atomic E-state index is -4.61. The van der Waals surface area contributed by atoms with Crippen LogP contribution >= 0.6 is 0 Å². The molecular weight excluding hydrogens is 325 g/mol. The predicted molar refractivity (Wildman–Crippen MR) is 81.7 cm³/mol. The highest BCUT2D eigenvalue weighted by molar-refractivity contribution is 5.90. The molecule has 130 valence electrons. The van der Waals surface area contributed by atoms with Crippen LogP contribution in [-0.4, -0.2) is 20.7 Å². The predicted octanol–water partition coefficient (Wildman–Crippen LogP) is 2.80. The Morgan fingerprint density at radius 1 is 1.38 bits per heavy atom. The van der Waals surface area contributed by atoms with Crippen LogP contribution in [-0.2, 0) is 11.0 Å². The lowest BCUT2D eigenvalue weighted by Gasteiger charge is -2.14. The van der Waals surface area contributed by atoms with Crippen LogP contribution in [0.15, 0.2) is 23.1 Å². The van der Waals surface area contributed by atoms with Crippen molar-refractivity contribution in [3.8, 4) is 0 Å². The molecule has 2 heterocycles. The van der Waals surface area contributed by atoms with Crippen molar-refractivity contribution < 1.29 is 18.0 Å². The highest BCUT2D eigenvalue weighted by atomic mass is 19.4. The van der Waals surface area contributed by atoms with Gasteiger partial charge in [0, 0.05) is 18.3 Å². The minimum absolute atomic E-state index is 0.0301. The van der Waals surface area contributed by atoms with Gasteiger partial charge in [0.25, 0.3) is 5.56 Å². The van der Waals surface area contributed by atoms with Crippen molar-refractivity contribution in [2.45, 2.75) is 39.4 Å². The van der Waals surface area contributed by atoms with Gasteiger partial charge in [-0.05, 0) is 32.9 Å². The van der Waals surface area contributed by atoms with Gasteiger partial charge in [-0.3, -0.25) is 14.3 Å². The van der Waals surface area contributed by atoms with Gasteiger partial charge < -0.3 is 10.3 Å². The third kappa shape index (κ3) is 4.03. The summed E-state index contributed by atoms with van der Waals surface area (Å²) in [5.74, 6) is -0.570. The lowest BCUT2D eigenvalue weighted by atomic mass is 10.2. The second kappa shape index (κ2) is 6.50. The summed E-state index contributed by atoms with van der Waals surface area (Å²) in [6.45, 7) is 5.42. The maximum Gasteiger partial charge on any atom is 0.417 e. The van der Waals surface area contributed by atoms with E-state index < -0.39 is 28.9 Å². The number of H-pyrrole nitrogens is 1. The first-order chi connectivity index (χ1) is 11.1. The zero-order valence-corrected chi connectivity index (χ0v) is 13.4. The molecule has 1 amide bonds. The smallest absolute Gasteiger partial charge is 0.327 e. The first-order valence-electron chi connectivity index (χ1n) is 7.20. The molecule has 6 nitrogen and oxygen atoms in total. The molecule has 0 spiro atoms. The van der Waals surface area contributed by atoms with Gasteiger partial charge in [0.05, 0.1) is 17.3 Å². The number of nitrogens with zero attached hydrogens (tertiary/aromatic N) is 2. The molecule has 0 aromatic carbocycles. The fourth-order valence-corrected chi connectivity index (χ4v) is 2.39. The molecule has 0 bridgehead atoms. The third-order valence-corrected chi connectivity index (χ3v) is 3.45. The topological polar surface area (TPSA) is 79.8 Å². The second-order valence-corrected chi connectivity index (χ2v) is 5.60. The van der Waals surface area contributed by atoms with Gasteiger partial charge in [-0.25, -0.2) is 0 Å². The molecule has 0 saturated heterocycles. The molecule has 24 heavy (non-hydrogen) atoms. The fourth-order valence-electron chi connectivity index (χ4n) is 2.39. The van der Waals surface area contributed by atoms with Gasteiger partial charge in [-0.15, -0.1) is 0 Å². The summed E-state index contributed by atoms with van der Waals surface area (Å²) in [6.07, 6.45) is -4.07. The van der Waals surface area contributed by atoms with E-state index in [2.05, 4.69) is 10.4 Å². The van der Waals surface area contributed by atoms with Crippen molar-refractivity contribution in [2.75, 3.05) is 5.32 Å². The zero-order chi connectivity index (χ0) is 18.1. The number of aromatic amines is 1. The summed E-state index contributed by atoms with van der Waals surface area (Å²) < 4.78 is 39.7. The SMILES string of the molecule is Cc1cc(C)n(C(C)CC(=O)Nc2cc(C(F)(F)F)c[nH]c2=O)n1. The molecular formula is C15H17F3N4O2. The molecule has 0 aliphatic rings. The molecule has 0 aliphatic carbocycles. The average Bonchev–Trinajstić information content (AvgIpc) is 2.79. The lowest BCUT2D eigenvalue weighted by Crippen LogP contribution is -2.24. The highest BCUT2D eigenvalue weighted by Gasteiger charge is 2.31. The summed E-state index contributed by atoms with van der Waals surface area (Å²) >= 11 is 0. The Kier molecular flexibility index (Phi) is 4.81. The summed E-state index contributed by atoms with van der Waals surface area (Å²) in [6, 6.07) is 2.17. The van der Waals surface area contributed by atoms with Crippen LogP contribution in [0.25, 0.3) is 0 Å². The largest absolute Gasteiger partial charge is 0.417 e. The Balaban J connectivity index is 2.12. The molecule has 2 aromatic heterocycles. The van der Waals surface area contributed by atoms with Crippen LogP contribution in [0.4, 0.5) is 18.9 Å². The Labute approximate surface area is 135 Å². The van der Waals surface area contributed by atoms with E-state index in [0.29, 0.717) is 12.3 Å². The normalized spacial score (nSPS) is 12.9. The number of carbonyl (C=O) groups excluding carboxylic acids is 1. The number of amides is 1. The highest BCUT2D eigenvalue weighted by Crippen LogP contribution is 2.29. The average molecular weight is 342 g/mol. The van der Waals surface area contributed by atoms with Gasteiger partial charge in [0.1, 0.15) is 5.69 Å². The molecule has 0 fully saturated rings. The maximum absolute atomic E-state index is 12.7. The summed E-state index contributed by atoms with van der Waals surface area (Å²) in [4.78, 5) is 25.6. The number of hydrogen-bond acceptors (Lipinski definition) is 3. The Morgan fingerprint density at radius 3 is 2.58 bits per heavy atom. The number of alkyl halides is 3. The Bertz CT molecular complexity index is 808. The van der Waals surface area contributed by atoms with Crippen molar-refractivity contribution >= 4 is 11.6 Å². The van der Waals surface area contributed by atoms with E-state index in [1.165, 1.54) is 0 Å². The monoisotopic (exact) mass is 342 g/mol. The van der Waals surface area contributed by atoms with E-state index in [-0.39, 0.29) is 12.5 Å². The quantitative estimate of drug-likeness (QED) is 0.897.